The van der Waals surface area contributed by atoms with Crippen LogP contribution in [0.5, 0.6) is 0 Å². The molecule has 0 aromatic rings. The molecule has 0 N–H and O–H groups in total. The summed E-state index contributed by atoms with van der Waals surface area (Å²) in [6.07, 6.45) is -10.3. The van der Waals surface area contributed by atoms with E-state index >= 15 is 0 Å². The fourth-order valence-electron chi connectivity index (χ4n) is 0.559. The molecule has 12 heteroatoms. The van der Waals surface area contributed by atoms with Crippen LogP contribution in [0.1, 0.15) is 0 Å². The van der Waals surface area contributed by atoms with E-state index in [2.05, 4.69) is 9.47 Å². The molecule has 0 spiro atoms. The highest BCUT2D eigenvalue weighted by Gasteiger charge is 2.53. The quantitative estimate of drug-likeness (QED) is 0.452. The van der Waals surface area contributed by atoms with E-state index in [9.17, 15) is 44.7 Å². The van der Waals surface area contributed by atoms with Crippen molar-refractivity contribution in [2.75, 3.05) is 13.2 Å². The number of rotatable bonds is 4. The lowest BCUT2D eigenvalue weighted by atomic mass is 10.3. The summed E-state index contributed by atoms with van der Waals surface area (Å²) in [4.78, 5) is 20.8. The van der Waals surface area contributed by atoms with Crippen LogP contribution in [0.4, 0.5) is 35.1 Å². The van der Waals surface area contributed by atoms with E-state index in [0.717, 1.165) is 0 Å². The van der Waals surface area contributed by atoms with Gasteiger partial charge in [-0.15, -0.1) is 0 Å². The van der Waals surface area contributed by atoms with Gasteiger partial charge < -0.3 is 9.47 Å². The van der Waals surface area contributed by atoms with Gasteiger partial charge in [-0.3, -0.25) is 0 Å². The molecule has 0 saturated heterocycles. The summed E-state index contributed by atoms with van der Waals surface area (Å²) < 4.78 is 101. The van der Waals surface area contributed by atoms with Crippen molar-refractivity contribution in [2.24, 2.45) is 0 Å². The Balaban J connectivity index is 4.51. The standard InChI is InChI=1S/C7H4F8O4/c8-5(9,10)1-18-3(16)7(14,15)4(17)19-2-6(11,12)13/h1-2H2. The molecule has 0 rings (SSSR count). The van der Waals surface area contributed by atoms with E-state index in [0.29, 0.717) is 0 Å². The smallest absolute Gasteiger partial charge is 0.437 e. The topological polar surface area (TPSA) is 52.6 Å². The number of esters is 2. The Morgan fingerprint density at radius 1 is 0.684 bits per heavy atom. The van der Waals surface area contributed by atoms with Crippen LogP contribution in [0.15, 0.2) is 0 Å². The van der Waals surface area contributed by atoms with Gasteiger partial charge in [0.05, 0.1) is 0 Å². The number of hydrogen-bond donors (Lipinski definition) is 0. The maximum Gasteiger partial charge on any atom is 0.437 e. The first-order valence-electron chi connectivity index (χ1n) is 4.11. The summed E-state index contributed by atoms with van der Waals surface area (Å²) in [7, 11) is 0. The maximum absolute atomic E-state index is 12.7. The molecule has 0 bridgehead atoms. The van der Waals surface area contributed by atoms with Crippen LogP contribution in [0.3, 0.4) is 0 Å². The number of alkyl halides is 8. The lowest BCUT2D eigenvalue weighted by Gasteiger charge is -2.15. The van der Waals surface area contributed by atoms with Crippen LogP contribution in [0.25, 0.3) is 0 Å². The van der Waals surface area contributed by atoms with Gasteiger partial charge in [-0.25, -0.2) is 9.59 Å². The monoisotopic (exact) mass is 304 g/mol. The van der Waals surface area contributed by atoms with Gasteiger partial charge in [-0.05, 0) is 0 Å². The Hall–Kier alpha value is -1.62. The third-order valence-corrected chi connectivity index (χ3v) is 1.25. The van der Waals surface area contributed by atoms with Crippen molar-refractivity contribution in [1.82, 2.24) is 0 Å². The molecular weight excluding hydrogens is 300 g/mol. The van der Waals surface area contributed by atoms with Gasteiger partial charge in [0, 0.05) is 0 Å². The molecule has 0 aliphatic carbocycles. The van der Waals surface area contributed by atoms with Crippen LogP contribution in [0, 0.1) is 0 Å². The second-order valence-corrected chi connectivity index (χ2v) is 2.96. The Morgan fingerprint density at radius 3 is 1.16 bits per heavy atom. The number of halogens is 8. The zero-order chi connectivity index (χ0) is 15.5. The zero-order valence-corrected chi connectivity index (χ0v) is 8.57. The zero-order valence-electron chi connectivity index (χ0n) is 8.57. The Bertz CT molecular complexity index is 312. The molecule has 19 heavy (non-hydrogen) atoms. The summed E-state index contributed by atoms with van der Waals surface area (Å²) in [5.41, 5.74) is 0. The van der Waals surface area contributed by atoms with Crippen molar-refractivity contribution in [3.63, 3.8) is 0 Å². The second kappa shape index (κ2) is 5.57. The lowest BCUT2D eigenvalue weighted by Crippen LogP contribution is -2.43. The number of ether oxygens (including phenoxy) is 2. The van der Waals surface area contributed by atoms with Crippen LogP contribution >= 0.6 is 0 Å². The Morgan fingerprint density at radius 2 is 0.947 bits per heavy atom. The van der Waals surface area contributed by atoms with Gasteiger partial charge in [0.2, 0.25) is 0 Å². The summed E-state index contributed by atoms with van der Waals surface area (Å²) in [6, 6.07) is 0. The fraction of sp³-hybridized carbons (Fsp3) is 0.714. The molecule has 0 aliphatic heterocycles. The van der Waals surface area contributed by atoms with Crippen molar-refractivity contribution in [3.8, 4) is 0 Å². The highest BCUT2D eigenvalue weighted by atomic mass is 19.4. The van der Waals surface area contributed by atoms with Gasteiger partial charge in [-0.2, -0.15) is 35.1 Å². The summed E-state index contributed by atoms with van der Waals surface area (Å²) >= 11 is 0. The van der Waals surface area contributed by atoms with Crippen LogP contribution < -0.4 is 0 Å². The molecule has 0 fully saturated rings. The van der Waals surface area contributed by atoms with Crippen LogP contribution in [-0.2, 0) is 19.1 Å². The summed E-state index contributed by atoms with van der Waals surface area (Å²) in [5, 5.41) is 0. The van der Waals surface area contributed by atoms with Crippen molar-refractivity contribution in [1.29, 1.82) is 0 Å². The molecule has 4 nitrogen and oxygen atoms in total. The third-order valence-electron chi connectivity index (χ3n) is 1.25. The molecule has 0 saturated carbocycles. The number of hydrogen-bond acceptors (Lipinski definition) is 4. The first kappa shape index (κ1) is 17.4. The normalized spacial score (nSPS) is 13.1. The minimum atomic E-state index is -5.27. The summed E-state index contributed by atoms with van der Waals surface area (Å²) in [5.74, 6) is -11.2. The predicted octanol–water partition coefficient (Wildman–Crippen LogP) is 1.83. The van der Waals surface area contributed by atoms with Gasteiger partial charge >= 0.3 is 30.2 Å². The maximum atomic E-state index is 12.7. The first-order chi connectivity index (χ1) is 8.26. The average Bonchev–Trinajstić information content (AvgIpc) is 2.20. The molecule has 0 unspecified atom stereocenters. The molecule has 0 radical (unpaired) electrons. The van der Waals surface area contributed by atoms with Gasteiger partial charge in [-0.1, -0.05) is 0 Å². The highest BCUT2D eigenvalue weighted by Crippen LogP contribution is 2.23. The van der Waals surface area contributed by atoms with Crippen molar-refractivity contribution < 1.29 is 54.2 Å². The second-order valence-electron chi connectivity index (χ2n) is 2.96. The van der Waals surface area contributed by atoms with Crippen molar-refractivity contribution in [3.05, 3.63) is 0 Å². The molecule has 0 aliphatic rings. The summed E-state index contributed by atoms with van der Waals surface area (Å²) in [6.45, 7) is -4.85. The van der Waals surface area contributed by atoms with Gasteiger partial charge in [0.15, 0.2) is 13.2 Å². The SMILES string of the molecule is O=C(OCC(F)(F)F)C(F)(F)C(=O)OCC(F)(F)F. The predicted molar refractivity (Wildman–Crippen MR) is 39.0 cm³/mol. The molecule has 0 aromatic heterocycles. The van der Waals surface area contributed by atoms with E-state index in [1.165, 1.54) is 0 Å². The minimum absolute atomic E-state index is 2.42. The van der Waals surface area contributed by atoms with Crippen LogP contribution in [0.2, 0.25) is 0 Å². The number of carbonyl (C=O) groups excluding carboxylic acids is 2. The number of carbonyl (C=O) groups is 2. The highest BCUT2D eigenvalue weighted by molar-refractivity contribution is 6.01. The third kappa shape index (κ3) is 6.76. The van der Waals surface area contributed by atoms with E-state index < -0.39 is 43.4 Å². The van der Waals surface area contributed by atoms with Gasteiger partial charge in [0.1, 0.15) is 0 Å². The Kier molecular flexibility index (Phi) is 5.09. The fourth-order valence-corrected chi connectivity index (χ4v) is 0.559. The van der Waals surface area contributed by atoms with Crippen molar-refractivity contribution >= 4 is 11.9 Å². The first-order valence-corrected chi connectivity index (χ1v) is 4.11. The molecule has 0 amide bonds. The van der Waals surface area contributed by atoms with Crippen molar-refractivity contribution in [2.45, 2.75) is 18.3 Å². The minimum Gasteiger partial charge on any atom is -0.451 e. The molecule has 0 heterocycles. The molecular formula is C7H4F8O4. The average molecular weight is 304 g/mol. The molecule has 112 valence electrons. The largest absolute Gasteiger partial charge is 0.451 e. The van der Waals surface area contributed by atoms with E-state index in [4.69, 9.17) is 0 Å². The Labute approximate surface area is 98.8 Å². The van der Waals surface area contributed by atoms with Gasteiger partial charge in [0.25, 0.3) is 0 Å². The lowest BCUT2D eigenvalue weighted by molar-refractivity contribution is -0.218. The van der Waals surface area contributed by atoms with E-state index in [-0.39, 0.29) is 0 Å². The van der Waals surface area contributed by atoms with E-state index in [1.54, 1.807) is 0 Å². The van der Waals surface area contributed by atoms with Crippen LogP contribution in [-0.4, -0.2) is 43.4 Å². The van der Waals surface area contributed by atoms with E-state index in [1.807, 2.05) is 0 Å². The molecule has 0 aromatic carbocycles. The molecule has 0 atom stereocenters.